The minimum absolute atomic E-state index is 0.0960. The van der Waals surface area contributed by atoms with Gasteiger partial charge in [-0.05, 0) is 53.5 Å². The highest BCUT2D eigenvalue weighted by Gasteiger charge is 2.52. The predicted molar refractivity (Wildman–Crippen MR) is 88.8 cm³/mol. The Bertz CT molecular complexity index is 324. The van der Waals surface area contributed by atoms with Gasteiger partial charge in [0.25, 0.3) is 0 Å². The Labute approximate surface area is 130 Å². The van der Waals surface area contributed by atoms with Crippen molar-refractivity contribution in [2.24, 2.45) is 0 Å². The van der Waals surface area contributed by atoms with Crippen molar-refractivity contribution >= 4 is 7.60 Å². The molecule has 0 bridgehead atoms. The number of hydrogen-bond donors (Lipinski definition) is 1. The molecule has 0 saturated heterocycles. The molecule has 0 unspecified atom stereocenters. The van der Waals surface area contributed by atoms with E-state index in [9.17, 15) is 4.57 Å². The Morgan fingerprint density at radius 2 is 1.57 bits per heavy atom. The molecule has 0 radical (unpaired) electrons. The van der Waals surface area contributed by atoms with Crippen LogP contribution in [0.25, 0.3) is 0 Å². The van der Waals surface area contributed by atoms with Gasteiger partial charge in [-0.1, -0.05) is 32.6 Å². The van der Waals surface area contributed by atoms with Crippen LogP contribution in [0.15, 0.2) is 0 Å². The fourth-order valence-electron chi connectivity index (χ4n) is 2.96. The first-order valence-electron chi connectivity index (χ1n) is 8.57. The van der Waals surface area contributed by atoms with Crippen molar-refractivity contribution in [3.63, 3.8) is 0 Å². The minimum atomic E-state index is -3.19. The van der Waals surface area contributed by atoms with E-state index in [0.717, 1.165) is 45.1 Å². The number of rotatable bonds is 9. The van der Waals surface area contributed by atoms with Crippen molar-refractivity contribution in [3.8, 4) is 0 Å². The van der Waals surface area contributed by atoms with Gasteiger partial charge in [0.15, 0.2) is 0 Å². The first-order chi connectivity index (χ1) is 9.85. The Morgan fingerprint density at radius 1 is 1.05 bits per heavy atom. The molecule has 0 spiro atoms. The third-order valence-electron chi connectivity index (χ3n) is 3.89. The molecule has 1 fully saturated rings. The van der Waals surface area contributed by atoms with Gasteiger partial charge in [-0.2, -0.15) is 0 Å². The van der Waals surface area contributed by atoms with E-state index in [4.69, 9.17) is 9.05 Å². The molecule has 0 heterocycles. The van der Waals surface area contributed by atoms with Crippen LogP contribution in [-0.4, -0.2) is 24.0 Å². The van der Waals surface area contributed by atoms with E-state index in [0.29, 0.717) is 0 Å². The van der Waals surface area contributed by atoms with Crippen LogP contribution in [0.2, 0.25) is 0 Å². The molecule has 4 nitrogen and oxygen atoms in total. The lowest BCUT2D eigenvalue weighted by Crippen LogP contribution is -2.48. The van der Waals surface area contributed by atoms with Crippen LogP contribution < -0.4 is 5.32 Å². The van der Waals surface area contributed by atoms with Crippen LogP contribution in [-0.2, 0) is 13.6 Å². The molecule has 126 valence electrons. The highest BCUT2D eigenvalue weighted by atomic mass is 31.2. The summed E-state index contributed by atoms with van der Waals surface area (Å²) in [7, 11) is -3.19. The second kappa shape index (κ2) is 8.67. The van der Waals surface area contributed by atoms with Gasteiger partial charge in [0.1, 0.15) is 5.28 Å². The standard InChI is InChI=1S/C16H34NO3P/c1-6-7-13-17-16(11-9-8-10-12-16)21(18,19-14(2)3)20-15(4)5/h14-15,17H,6-13H2,1-5H3. The van der Waals surface area contributed by atoms with Crippen LogP contribution in [0, 0.1) is 0 Å². The van der Waals surface area contributed by atoms with Gasteiger partial charge >= 0.3 is 7.60 Å². The summed E-state index contributed by atoms with van der Waals surface area (Å²) < 4.78 is 25.4. The fraction of sp³-hybridized carbons (Fsp3) is 1.00. The second-order valence-corrected chi connectivity index (χ2v) is 8.95. The zero-order valence-corrected chi connectivity index (χ0v) is 15.4. The van der Waals surface area contributed by atoms with E-state index in [1.165, 1.54) is 6.42 Å². The lowest BCUT2D eigenvalue weighted by atomic mass is 9.94. The molecule has 1 N–H and O–H groups in total. The van der Waals surface area contributed by atoms with E-state index < -0.39 is 12.9 Å². The molecule has 0 amide bonds. The topological polar surface area (TPSA) is 47.6 Å². The normalized spacial score (nSPS) is 19.4. The average Bonchev–Trinajstić information content (AvgIpc) is 2.38. The summed E-state index contributed by atoms with van der Waals surface area (Å²) >= 11 is 0. The summed E-state index contributed by atoms with van der Waals surface area (Å²) in [5.41, 5.74) is 0. The van der Waals surface area contributed by atoms with Gasteiger partial charge in [0.05, 0.1) is 12.2 Å². The monoisotopic (exact) mass is 319 g/mol. The number of hydrogen-bond acceptors (Lipinski definition) is 4. The molecular formula is C16H34NO3P. The molecule has 0 aliphatic heterocycles. The lowest BCUT2D eigenvalue weighted by Gasteiger charge is -2.43. The maximum atomic E-state index is 13.6. The molecule has 1 saturated carbocycles. The van der Waals surface area contributed by atoms with E-state index in [1.807, 2.05) is 27.7 Å². The van der Waals surface area contributed by atoms with Gasteiger partial charge in [0, 0.05) is 0 Å². The molecule has 0 aromatic carbocycles. The van der Waals surface area contributed by atoms with Crippen LogP contribution in [0.3, 0.4) is 0 Å². The van der Waals surface area contributed by atoms with Crippen molar-refractivity contribution in [2.45, 2.75) is 97.1 Å². The SMILES string of the molecule is CCCCNC1(P(=O)(OC(C)C)OC(C)C)CCCCC1. The summed E-state index contributed by atoms with van der Waals surface area (Å²) in [6, 6.07) is 0. The zero-order chi connectivity index (χ0) is 15.9. The Balaban J connectivity index is 3.00. The van der Waals surface area contributed by atoms with Crippen molar-refractivity contribution in [1.82, 2.24) is 5.32 Å². The third-order valence-corrected chi connectivity index (χ3v) is 6.94. The summed E-state index contributed by atoms with van der Waals surface area (Å²) in [5, 5.41) is 3.08. The summed E-state index contributed by atoms with van der Waals surface area (Å²) in [6.45, 7) is 10.8. The van der Waals surface area contributed by atoms with E-state index in [2.05, 4.69) is 12.2 Å². The minimum Gasteiger partial charge on any atom is -0.305 e. The molecule has 0 aromatic rings. The maximum absolute atomic E-state index is 13.6. The van der Waals surface area contributed by atoms with Crippen LogP contribution in [0.5, 0.6) is 0 Å². The Hall–Kier alpha value is 0.110. The molecule has 0 atom stereocenters. The first-order valence-corrected chi connectivity index (χ1v) is 10.1. The molecule has 0 aromatic heterocycles. The third kappa shape index (κ3) is 5.35. The highest BCUT2D eigenvalue weighted by Crippen LogP contribution is 2.64. The fourth-order valence-corrected chi connectivity index (χ4v) is 5.70. The van der Waals surface area contributed by atoms with E-state index in [-0.39, 0.29) is 12.2 Å². The van der Waals surface area contributed by atoms with Crippen LogP contribution in [0.4, 0.5) is 0 Å². The van der Waals surface area contributed by atoms with E-state index >= 15 is 0 Å². The first kappa shape index (κ1) is 19.2. The molecule has 21 heavy (non-hydrogen) atoms. The highest BCUT2D eigenvalue weighted by molar-refractivity contribution is 7.55. The second-order valence-electron chi connectivity index (χ2n) is 6.68. The van der Waals surface area contributed by atoms with Gasteiger partial charge in [-0.25, -0.2) is 0 Å². The average molecular weight is 319 g/mol. The quantitative estimate of drug-likeness (QED) is 0.475. The maximum Gasteiger partial charge on any atom is 0.351 e. The number of unbranched alkanes of at least 4 members (excludes halogenated alkanes) is 1. The van der Waals surface area contributed by atoms with E-state index in [1.54, 1.807) is 0 Å². The van der Waals surface area contributed by atoms with Crippen LogP contribution >= 0.6 is 7.60 Å². The molecule has 5 heteroatoms. The van der Waals surface area contributed by atoms with Gasteiger partial charge in [-0.15, -0.1) is 0 Å². The van der Waals surface area contributed by atoms with Gasteiger partial charge < -0.3 is 14.4 Å². The van der Waals surface area contributed by atoms with Gasteiger partial charge in [-0.3, -0.25) is 4.57 Å². The van der Waals surface area contributed by atoms with Crippen LogP contribution in [0.1, 0.15) is 79.6 Å². The van der Waals surface area contributed by atoms with Crippen molar-refractivity contribution < 1.29 is 13.6 Å². The summed E-state index contributed by atoms with van der Waals surface area (Å²) in [6.07, 6.45) is 7.18. The van der Waals surface area contributed by atoms with Gasteiger partial charge in [0.2, 0.25) is 0 Å². The Kier molecular flexibility index (Phi) is 7.91. The van der Waals surface area contributed by atoms with Crippen molar-refractivity contribution in [1.29, 1.82) is 0 Å². The lowest BCUT2D eigenvalue weighted by molar-refractivity contribution is 0.109. The largest absolute Gasteiger partial charge is 0.351 e. The van der Waals surface area contributed by atoms with Crippen molar-refractivity contribution in [3.05, 3.63) is 0 Å². The molecule has 1 aliphatic carbocycles. The Morgan fingerprint density at radius 3 is 2.00 bits per heavy atom. The summed E-state index contributed by atoms with van der Waals surface area (Å²) in [4.78, 5) is 0. The molecular weight excluding hydrogens is 285 g/mol. The molecule has 1 aliphatic rings. The zero-order valence-electron chi connectivity index (χ0n) is 14.5. The smallest absolute Gasteiger partial charge is 0.305 e. The molecule has 1 rings (SSSR count). The van der Waals surface area contributed by atoms with Crippen molar-refractivity contribution in [2.75, 3.05) is 6.54 Å². The summed E-state index contributed by atoms with van der Waals surface area (Å²) in [5.74, 6) is 0. The number of nitrogens with one attached hydrogen (secondary N) is 1. The predicted octanol–water partition coefficient (Wildman–Crippen LogP) is 5.08.